The minimum atomic E-state index is -1.25. The van der Waals surface area contributed by atoms with Gasteiger partial charge in [-0.05, 0) is 55.0 Å². The van der Waals surface area contributed by atoms with Crippen molar-refractivity contribution in [1.29, 1.82) is 0 Å². The van der Waals surface area contributed by atoms with Gasteiger partial charge in [0.2, 0.25) is 0 Å². The van der Waals surface area contributed by atoms with Crippen LogP contribution in [0, 0.1) is 12.7 Å². The molecule has 0 fully saturated rings. The van der Waals surface area contributed by atoms with Crippen molar-refractivity contribution < 1.29 is 33.8 Å². The minimum absolute atomic E-state index is 0.157. The minimum Gasteiger partial charge on any atom is -0.505 e. The standard InChI is InChI=1S/C25H23FN2O6/c1-16-7-10-18(11-8-16)27-25(31)34-24(17-9-12-21(29)20(26)15-17)22(13-14-23(30)28-32)33-19-5-3-2-4-6-19/h2-15,22,24,29,32H,1H3,(H,27,31)(H,28,30)/b14-13+/t22-,24-/m1/s1. The van der Waals surface area contributed by atoms with Gasteiger partial charge in [0.05, 0.1) is 0 Å². The van der Waals surface area contributed by atoms with Crippen LogP contribution in [0.5, 0.6) is 11.5 Å². The molecule has 0 saturated carbocycles. The van der Waals surface area contributed by atoms with Crippen LogP contribution in [-0.4, -0.2) is 28.4 Å². The van der Waals surface area contributed by atoms with Gasteiger partial charge in [-0.2, -0.15) is 0 Å². The van der Waals surface area contributed by atoms with Crippen LogP contribution >= 0.6 is 0 Å². The lowest BCUT2D eigenvalue weighted by Crippen LogP contribution is -2.30. The molecule has 0 bridgehead atoms. The van der Waals surface area contributed by atoms with Crippen LogP contribution in [0.3, 0.4) is 0 Å². The van der Waals surface area contributed by atoms with E-state index in [1.807, 2.05) is 6.92 Å². The number of rotatable bonds is 8. The van der Waals surface area contributed by atoms with Crippen LogP contribution in [0.25, 0.3) is 0 Å². The van der Waals surface area contributed by atoms with Gasteiger partial charge in [0, 0.05) is 11.8 Å². The molecule has 3 aromatic carbocycles. The first-order valence-electron chi connectivity index (χ1n) is 10.2. The molecule has 3 aromatic rings. The molecule has 0 aliphatic rings. The van der Waals surface area contributed by atoms with Crippen molar-refractivity contribution in [3.8, 4) is 11.5 Å². The predicted molar refractivity (Wildman–Crippen MR) is 122 cm³/mol. The van der Waals surface area contributed by atoms with Crippen molar-refractivity contribution >= 4 is 17.7 Å². The van der Waals surface area contributed by atoms with E-state index in [4.69, 9.17) is 14.7 Å². The molecule has 0 aliphatic heterocycles. The number of anilines is 1. The average molecular weight is 466 g/mol. The highest BCUT2D eigenvalue weighted by Crippen LogP contribution is 2.30. The third-order valence-corrected chi connectivity index (χ3v) is 4.69. The number of ether oxygens (including phenoxy) is 2. The highest BCUT2D eigenvalue weighted by molar-refractivity contribution is 5.86. The molecular weight excluding hydrogens is 443 g/mol. The third kappa shape index (κ3) is 6.81. The van der Waals surface area contributed by atoms with Gasteiger partial charge in [-0.25, -0.2) is 14.7 Å². The first kappa shape index (κ1) is 24.3. The monoisotopic (exact) mass is 466 g/mol. The molecule has 176 valence electrons. The van der Waals surface area contributed by atoms with Crippen LogP contribution in [0.2, 0.25) is 0 Å². The Morgan fingerprint density at radius 3 is 2.38 bits per heavy atom. The quantitative estimate of drug-likeness (QED) is 0.218. The Morgan fingerprint density at radius 2 is 1.74 bits per heavy atom. The highest BCUT2D eigenvalue weighted by Gasteiger charge is 2.28. The number of para-hydroxylation sites is 1. The molecule has 0 heterocycles. The largest absolute Gasteiger partial charge is 0.505 e. The Kier molecular flexibility index (Phi) is 8.20. The number of phenolic OH excluding ortho intramolecular Hbond substituents is 1. The molecule has 0 saturated heterocycles. The summed E-state index contributed by atoms with van der Waals surface area (Å²) in [5, 5.41) is 21.0. The fourth-order valence-corrected chi connectivity index (χ4v) is 3.00. The van der Waals surface area contributed by atoms with Crippen molar-refractivity contribution in [2.24, 2.45) is 0 Å². The van der Waals surface area contributed by atoms with E-state index in [1.165, 1.54) is 17.6 Å². The number of aromatic hydroxyl groups is 1. The second-order valence-electron chi connectivity index (χ2n) is 7.26. The number of hydrogen-bond donors (Lipinski definition) is 4. The number of aryl methyl sites for hydroxylation is 1. The zero-order valence-corrected chi connectivity index (χ0v) is 18.1. The Morgan fingerprint density at radius 1 is 1.03 bits per heavy atom. The van der Waals surface area contributed by atoms with Gasteiger partial charge in [0.1, 0.15) is 5.75 Å². The SMILES string of the molecule is Cc1ccc(NC(=O)O[C@H](c2ccc(O)c(F)c2)[C@@H](/C=C/C(=O)NO)Oc2ccccc2)cc1. The molecule has 0 spiro atoms. The van der Waals surface area contributed by atoms with Crippen molar-refractivity contribution in [1.82, 2.24) is 5.48 Å². The van der Waals surface area contributed by atoms with Crippen molar-refractivity contribution in [2.45, 2.75) is 19.1 Å². The summed E-state index contributed by atoms with van der Waals surface area (Å²) >= 11 is 0. The van der Waals surface area contributed by atoms with E-state index in [1.54, 1.807) is 54.6 Å². The average Bonchev–Trinajstić information content (AvgIpc) is 2.84. The van der Waals surface area contributed by atoms with Crippen molar-refractivity contribution in [2.75, 3.05) is 5.32 Å². The number of carbonyl (C=O) groups is 2. The lowest BCUT2D eigenvalue weighted by Gasteiger charge is -2.26. The van der Waals surface area contributed by atoms with E-state index in [0.29, 0.717) is 11.4 Å². The lowest BCUT2D eigenvalue weighted by atomic mass is 10.0. The molecule has 9 heteroatoms. The van der Waals surface area contributed by atoms with Crippen LogP contribution in [0.1, 0.15) is 17.2 Å². The van der Waals surface area contributed by atoms with E-state index in [-0.39, 0.29) is 5.56 Å². The number of halogens is 1. The van der Waals surface area contributed by atoms with Gasteiger partial charge < -0.3 is 14.6 Å². The van der Waals surface area contributed by atoms with Gasteiger partial charge >= 0.3 is 6.09 Å². The van der Waals surface area contributed by atoms with E-state index in [9.17, 15) is 19.1 Å². The van der Waals surface area contributed by atoms with Crippen molar-refractivity contribution in [3.63, 3.8) is 0 Å². The zero-order valence-electron chi connectivity index (χ0n) is 18.1. The molecule has 8 nitrogen and oxygen atoms in total. The number of hydrogen-bond acceptors (Lipinski definition) is 6. The molecule has 4 N–H and O–H groups in total. The Labute approximate surface area is 195 Å². The molecule has 0 aliphatic carbocycles. The first-order chi connectivity index (χ1) is 16.4. The molecule has 0 radical (unpaired) electrons. The molecule has 2 amide bonds. The number of carbonyl (C=O) groups excluding carboxylic acids is 2. The smallest absolute Gasteiger partial charge is 0.412 e. The summed E-state index contributed by atoms with van der Waals surface area (Å²) < 4.78 is 25.7. The molecule has 2 atom stereocenters. The molecule has 0 unspecified atom stereocenters. The number of amides is 2. The maximum atomic E-state index is 14.2. The number of hydroxylamine groups is 1. The first-order valence-corrected chi connectivity index (χ1v) is 10.2. The Balaban J connectivity index is 1.95. The Hall–Kier alpha value is -4.37. The lowest BCUT2D eigenvalue weighted by molar-refractivity contribution is -0.124. The number of benzene rings is 3. The van der Waals surface area contributed by atoms with Gasteiger partial charge in [0.25, 0.3) is 5.91 Å². The summed E-state index contributed by atoms with van der Waals surface area (Å²) in [7, 11) is 0. The molecule has 34 heavy (non-hydrogen) atoms. The summed E-state index contributed by atoms with van der Waals surface area (Å²) in [6, 6.07) is 19.0. The van der Waals surface area contributed by atoms with Crippen LogP contribution in [0.15, 0.2) is 84.9 Å². The van der Waals surface area contributed by atoms with E-state index in [2.05, 4.69) is 5.32 Å². The fraction of sp³-hybridized carbons (Fsp3) is 0.120. The zero-order chi connectivity index (χ0) is 24.5. The van der Waals surface area contributed by atoms with Crippen molar-refractivity contribution in [3.05, 3.63) is 102 Å². The fourth-order valence-electron chi connectivity index (χ4n) is 3.00. The maximum Gasteiger partial charge on any atom is 0.412 e. The molecule has 0 aromatic heterocycles. The third-order valence-electron chi connectivity index (χ3n) is 4.69. The number of phenols is 1. The summed E-state index contributed by atoms with van der Waals surface area (Å²) in [6.45, 7) is 1.90. The topological polar surface area (TPSA) is 117 Å². The van der Waals surface area contributed by atoms with Crippen LogP contribution in [-0.2, 0) is 9.53 Å². The van der Waals surface area contributed by atoms with Gasteiger partial charge in [-0.3, -0.25) is 15.3 Å². The normalized spacial score (nSPS) is 12.6. The van der Waals surface area contributed by atoms with E-state index < -0.39 is 35.8 Å². The second kappa shape index (κ2) is 11.5. The maximum absolute atomic E-state index is 14.2. The summed E-state index contributed by atoms with van der Waals surface area (Å²) in [5.41, 5.74) is 3.09. The van der Waals surface area contributed by atoms with E-state index >= 15 is 0 Å². The summed E-state index contributed by atoms with van der Waals surface area (Å²) in [6.07, 6.45) is -0.980. The highest BCUT2D eigenvalue weighted by atomic mass is 19.1. The van der Waals surface area contributed by atoms with Gasteiger partial charge in [0.15, 0.2) is 23.8 Å². The van der Waals surface area contributed by atoms with Gasteiger partial charge in [-0.15, -0.1) is 0 Å². The predicted octanol–water partition coefficient (Wildman–Crippen LogP) is 4.64. The second-order valence-corrected chi connectivity index (χ2v) is 7.26. The van der Waals surface area contributed by atoms with Crippen LogP contribution in [0.4, 0.5) is 14.9 Å². The summed E-state index contributed by atoms with van der Waals surface area (Å²) in [5.74, 6) is -1.97. The van der Waals surface area contributed by atoms with Crippen LogP contribution < -0.4 is 15.5 Å². The summed E-state index contributed by atoms with van der Waals surface area (Å²) in [4.78, 5) is 24.3. The molecule has 3 rings (SSSR count). The number of nitrogens with one attached hydrogen (secondary N) is 2. The van der Waals surface area contributed by atoms with Gasteiger partial charge in [-0.1, -0.05) is 42.0 Å². The molecular formula is C25H23FN2O6. The van der Waals surface area contributed by atoms with E-state index in [0.717, 1.165) is 23.8 Å². The Bertz CT molecular complexity index is 1150.